The number of halogens is 1. The van der Waals surface area contributed by atoms with Crippen LogP contribution in [-0.2, 0) is 11.3 Å². The van der Waals surface area contributed by atoms with Crippen LogP contribution in [0.5, 0.6) is 0 Å². The van der Waals surface area contributed by atoms with Gasteiger partial charge in [0.25, 0.3) is 0 Å². The lowest BCUT2D eigenvalue weighted by atomic mass is 9.90. The Morgan fingerprint density at radius 2 is 2.10 bits per heavy atom. The third-order valence-corrected chi connectivity index (χ3v) is 4.73. The first-order valence-corrected chi connectivity index (χ1v) is 7.59. The van der Waals surface area contributed by atoms with E-state index in [1.54, 1.807) is 23.8 Å². The smallest absolute Gasteiger partial charge is 0.320 e. The van der Waals surface area contributed by atoms with Crippen molar-refractivity contribution in [2.45, 2.75) is 19.9 Å². The molecular formula is C15H19BrN2O3. The molecule has 6 heteroatoms. The molecule has 1 aromatic carbocycles. The van der Waals surface area contributed by atoms with E-state index in [9.17, 15) is 14.7 Å². The van der Waals surface area contributed by atoms with Gasteiger partial charge in [-0.25, -0.2) is 4.79 Å². The maximum atomic E-state index is 12.4. The first kappa shape index (κ1) is 15.8. The van der Waals surface area contributed by atoms with Crippen LogP contribution in [0.25, 0.3) is 0 Å². The number of aliphatic carboxylic acids is 1. The number of hydrogen-bond acceptors (Lipinski definition) is 2. The van der Waals surface area contributed by atoms with E-state index in [1.807, 2.05) is 24.3 Å². The van der Waals surface area contributed by atoms with Gasteiger partial charge in [0.15, 0.2) is 0 Å². The van der Waals surface area contributed by atoms with Crippen molar-refractivity contribution >= 4 is 27.9 Å². The molecule has 1 aromatic rings. The summed E-state index contributed by atoms with van der Waals surface area (Å²) in [4.78, 5) is 26.9. The Morgan fingerprint density at radius 3 is 2.67 bits per heavy atom. The number of amides is 2. The molecule has 1 saturated heterocycles. The van der Waals surface area contributed by atoms with Crippen molar-refractivity contribution in [2.75, 3.05) is 20.1 Å². The zero-order chi connectivity index (χ0) is 15.6. The highest BCUT2D eigenvalue weighted by Crippen LogP contribution is 2.30. The van der Waals surface area contributed by atoms with E-state index in [1.165, 1.54) is 0 Å². The number of benzene rings is 1. The number of likely N-dealkylation sites (tertiary alicyclic amines) is 1. The van der Waals surface area contributed by atoms with Crippen molar-refractivity contribution in [1.82, 2.24) is 9.80 Å². The number of carbonyl (C=O) groups is 2. The topological polar surface area (TPSA) is 60.9 Å². The number of rotatable bonds is 3. The lowest BCUT2D eigenvalue weighted by Gasteiger charge is -2.26. The van der Waals surface area contributed by atoms with Crippen LogP contribution in [0.3, 0.4) is 0 Å². The third kappa shape index (κ3) is 3.37. The summed E-state index contributed by atoms with van der Waals surface area (Å²) in [5.74, 6) is -0.841. The van der Waals surface area contributed by atoms with Crippen molar-refractivity contribution in [2.24, 2.45) is 5.41 Å². The van der Waals surface area contributed by atoms with Crippen molar-refractivity contribution in [3.05, 3.63) is 34.3 Å². The van der Waals surface area contributed by atoms with E-state index in [0.29, 0.717) is 19.5 Å². The highest BCUT2D eigenvalue weighted by Gasteiger charge is 2.42. The molecule has 1 N–H and O–H groups in total. The van der Waals surface area contributed by atoms with Gasteiger partial charge in [-0.15, -0.1) is 0 Å². The third-order valence-electron chi connectivity index (χ3n) is 3.95. The van der Waals surface area contributed by atoms with Crippen molar-refractivity contribution in [3.8, 4) is 0 Å². The molecule has 1 heterocycles. The zero-order valence-corrected chi connectivity index (χ0v) is 13.8. The number of carbonyl (C=O) groups excluding carboxylic acids is 1. The van der Waals surface area contributed by atoms with Crippen LogP contribution in [0.2, 0.25) is 0 Å². The van der Waals surface area contributed by atoms with Gasteiger partial charge >= 0.3 is 12.0 Å². The molecule has 0 aromatic heterocycles. The van der Waals surface area contributed by atoms with Gasteiger partial charge in [0.2, 0.25) is 0 Å². The van der Waals surface area contributed by atoms with Crippen LogP contribution in [0.4, 0.5) is 4.79 Å². The van der Waals surface area contributed by atoms with Gasteiger partial charge in [0.1, 0.15) is 0 Å². The van der Waals surface area contributed by atoms with Crippen LogP contribution in [0.1, 0.15) is 18.9 Å². The molecular weight excluding hydrogens is 336 g/mol. The molecule has 0 radical (unpaired) electrons. The first-order chi connectivity index (χ1) is 9.83. The summed E-state index contributed by atoms with van der Waals surface area (Å²) in [7, 11) is 1.73. The predicted octanol–water partition coefficient (Wildman–Crippen LogP) is 2.80. The summed E-state index contributed by atoms with van der Waals surface area (Å²) in [6.45, 7) is 2.93. The van der Waals surface area contributed by atoms with E-state index < -0.39 is 11.4 Å². The first-order valence-electron chi connectivity index (χ1n) is 6.80. The van der Waals surface area contributed by atoms with Crippen LogP contribution in [-0.4, -0.2) is 47.0 Å². The second kappa shape index (κ2) is 6.05. The normalized spacial score (nSPS) is 21.4. The van der Waals surface area contributed by atoms with Gasteiger partial charge in [0.05, 0.1) is 5.41 Å². The Balaban J connectivity index is 2.01. The average Bonchev–Trinajstić information content (AvgIpc) is 2.84. The van der Waals surface area contributed by atoms with Gasteiger partial charge in [-0.2, -0.15) is 0 Å². The fourth-order valence-electron chi connectivity index (χ4n) is 2.49. The van der Waals surface area contributed by atoms with E-state index in [4.69, 9.17) is 0 Å². The molecule has 2 amide bonds. The SMILES string of the molecule is CN(Cc1ccccc1Br)C(=O)N1CCC(C)(C(=O)O)C1. The van der Waals surface area contributed by atoms with E-state index in [2.05, 4.69) is 15.9 Å². The van der Waals surface area contributed by atoms with Crippen LogP contribution >= 0.6 is 15.9 Å². The van der Waals surface area contributed by atoms with Crippen LogP contribution < -0.4 is 0 Å². The minimum atomic E-state index is -0.841. The predicted molar refractivity (Wildman–Crippen MR) is 82.9 cm³/mol. The molecule has 5 nitrogen and oxygen atoms in total. The number of carboxylic acid groups (broad SMARTS) is 1. The Kier molecular flexibility index (Phi) is 4.56. The second-order valence-electron chi connectivity index (χ2n) is 5.77. The standard InChI is InChI=1S/C15H19BrN2O3/c1-15(13(19)20)7-8-18(10-15)14(21)17(2)9-11-5-3-4-6-12(11)16/h3-6H,7-10H2,1-2H3,(H,19,20). The lowest BCUT2D eigenvalue weighted by Crippen LogP contribution is -2.41. The van der Waals surface area contributed by atoms with Gasteiger partial charge in [0, 0.05) is 31.2 Å². The second-order valence-corrected chi connectivity index (χ2v) is 6.62. The van der Waals surface area contributed by atoms with Crippen LogP contribution in [0.15, 0.2) is 28.7 Å². The molecule has 0 saturated carbocycles. The largest absolute Gasteiger partial charge is 0.481 e. The number of nitrogens with zero attached hydrogens (tertiary/aromatic N) is 2. The summed E-state index contributed by atoms with van der Waals surface area (Å²) in [5, 5.41) is 9.22. The van der Waals surface area contributed by atoms with E-state index >= 15 is 0 Å². The summed E-state index contributed by atoms with van der Waals surface area (Å²) in [6, 6.07) is 7.62. The molecule has 0 spiro atoms. The summed E-state index contributed by atoms with van der Waals surface area (Å²) >= 11 is 3.47. The van der Waals surface area contributed by atoms with Gasteiger partial charge in [-0.1, -0.05) is 34.1 Å². The van der Waals surface area contributed by atoms with Crippen molar-refractivity contribution < 1.29 is 14.7 Å². The highest BCUT2D eigenvalue weighted by molar-refractivity contribution is 9.10. The van der Waals surface area contributed by atoms with Crippen molar-refractivity contribution in [1.29, 1.82) is 0 Å². The molecule has 1 unspecified atom stereocenters. The average molecular weight is 355 g/mol. The molecule has 21 heavy (non-hydrogen) atoms. The molecule has 1 aliphatic rings. The molecule has 1 fully saturated rings. The Morgan fingerprint density at radius 1 is 1.43 bits per heavy atom. The number of hydrogen-bond donors (Lipinski definition) is 1. The zero-order valence-electron chi connectivity index (χ0n) is 12.2. The van der Waals surface area contributed by atoms with E-state index in [0.717, 1.165) is 10.0 Å². The quantitative estimate of drug-likeness (QED) is 0.907. The minimum absolute atomic E-state index is 0.129. The monoisotopic (exact) mass is 354 g/mol. The molecule has 114 valence electrons. The fourth-order valence-corrected chi connectivity index (χ4v) is 2.90. The van der Waals surface area contributed by atoms with Gasteiger partial charge < -0.3 is 14.9 Å². The maximum absolute atomic E-state index is 12.4. The summed E-state index contributed by atoms with van der Waals surface area (Å²) in [5.41, 5.74) is 0.192. The van der Waals surface area contributed by atoms with E-state index in [-0.39, 0.29) is 12.6 Å². The van der Waals surface area contributed by atoms with Crippen molar-refractivity contribution in [3.63, 3.8) is 0 Å². The van der Waals surface area contributed by atoms with Crippen LogP contribution in [0, 0.1) is 5.41 Å². The highest BCUT2D eigenvalue weighted by atomic mass is 79.9. The molecule has 0 aliphatic carbocycles. The number of urea groups is 1. The molecule has 1 atom stereocenters. The molecule has 1 aliphatic heterocycles. The number of carboxylic acids is 1. The Hall–Kier alpha value is -1.56. The lowest BCUT2D eigenvalue weighted by molar-refractivity contribution is -0.147. The molecule has 0 bridgehead atoms. The summed E-state index contributed by atoms with van der Waals surface area (Å²) < 4.78 is 0.960. The van der Waals surface area contributed by atoms with Gasteiger partial charge in [-0.3, -0.25) is 4.79 Å². The Labute approximate surface area is 132 Å². The minimum Gasteiger partial charge on any atom is -0.481 e. The Bertz CT molecular complexity index is 564. The fraction of sp³-hybridized carbons (Fsp3) is 0.467. The van der Waals surface area contributed by atoms with Gasteiger partial charge in [-0.05, 0) is 25.0 Å². The maximum Gasteiger partial charge on any atom is 0.320 e. The summed E-state index contributed by atoms with van der Waals surface area (Å²) in [6.07, 6.45) is 0.497. The molecule has 2 rings (SSSR count).